The van der Waals surface area contributed by atoms with Crippen molar-refractivity contribution in [2.75, 3.05) is 51.1 Å². The van der Waals surface area contributed by atoms with Crippen LogP contribution in [0, 0.1) is 19.3 Å². The minimum atomic E-state index is -0.567. The van der Waals surface area contributed by atoms with E-state index < -0.39 is 10.0 Å². The van der Waals surface area contributed by atoms with Crippen molar-refractivity contribution in [3.8, 4) is 0 Å². The zero-order chi connectivity index (χ0) is 44.8. The van der Waals surface area contributed by atoms with Crippen LogP contribution in [0.2, 0.25) is 0 Å². The lowest BCUT2D eigenvalue weighted by molar-refractivity contribution is -0.120. The second-order valence-electron chi connectivity index (χ2n) is 18.2. The van der Waals surface area contributed by atoms with Crippen LogP contribution in [0.5, 0.6) is 0 Å². The van der Waals surface area contributed by atoms with Crippen LogP contribution in [-0.2, 0) is 17.3 Å². The van der Waals surface area contributed by atoms with Crippen LogP contribution in [-0.4, -0.2) is 95.7 Å². The molecule has 4 aliphatic rings. The Hall–Kier alpha value is -5.23. The van der Waals surface area contributed by atoms with Crippen LogP contribution < -0.4 is 26.7 Å². The summed E-state index contributed by atoms with van der Waals surface area (Å²) in [5.41, 5.74) is 7.06. The number of carbonyl (C=O) groups excluding carboxylic acids is 1. The number of thioether (sulfide) groups is 1. The van der Waals surface area contributed by atoms with Crippen molar-refractivity contribution in [1.29, 1.82) is 5.41 Å². The average molecular weight is 895 g/mol. The quantitative estimate of drug-likeness (QED) is 0.143. The molecule has 16 nitrogen and oxygen atoms in total. The van der Waals surface area contributed by atoms with Crippen LogP contribution in [0.15, 0.2) is 48.0 Å². The summed E-state index contributed by atoms with van der Waals surface area (Å²) < 4.78 is 7.18. The van der Waals surface area contributed by atoms with E-state index in [4.69, 9.17) is 15.4 Å². The summed E-state index contributed by atoms with van der Waals surface area (Å²) in [6, 6.07) is 4.41. The van der Waals surface area contributed by atoms with E-state index in [1.54, 1.807) is 22.3 Å². The molecule has 6 aromatic heterocycles. The molecule has 1 aliphatic carbocycles. The Bertz CT molecular complexity index is 2780. The van der Waals surface area contributed by atoms with E-state index in [2.05, 4.69) is 70.9 Å². The molecule has 0 bridgehead atoms. The van der Waals surface area contributed by atoms with Crippen molar-refractivity contribution in [2.24, 2.45) is 7.05 Å². The van der Waals surface area contributed by atoms with Crippen LogP contribution in [0.3, 0.4) is 0 Å². The molecule has 2 unspecified atom stereocenters. The van der Waals surface area contributed by atoms with Crippen molar-refractivity contribution >= 4 is 73.6 Å². The second kappa shape index (κ2) is 17.7. The highest BCUT2D eigenvalue weighted by molar-refractivity contribution is 8.32. The minimum Gasteiger partial charge on any atom is -0.329 e. The molecule has 9 heterocycles. The van der Waals surface area contributed by atoms with Gasteiger partial charge in [-0.05, 0) is 119 Å². The lowest BCUT2D eigenvalue weighted by Crippen LogP contribution is -2.41. The summed E-state index contributed by atoms with van der Waals surface area (Å²) in [6.45, 7) is 12.3. The predicted octanol–water partition coefficient (Wildman–Crippen LogP) is 7.70. The van der Waals surface area contributed by atoms with Gasteiger partial charge in [-0.2, -0.15) is 26.8 Å². The van der Waals surface area contributed by atoms with E-state index in [1.165, 1.54) is 24.3 Å². The molecule has 6 aromatic rings. The van der Waals surface area contributed by atoms with E-state index >= 15 is 0 Å². The number of imidazole rings is 1. The van der Waals surface area contributed by atoms with Crippen molar-refractivity contribution in [3.63, 3.8) is 0 Å². The van der Waals surface area contributed by atoms with E-state index in [-0.39, 0.29) is 35.1 Å². The monoisotopic (exact) mass is 894 g/mol. The summed E-state index contributed by atoms with van der Waals surface area (Å²) >= 11 is 1.91. The van der Waals surface area contributed by atoms with Gasteiger partial charge in [0.05, 0.1) is 29.2 Å². The molecule has 336 valence electrons. The lowest BCUT2D eigenvalue weighted by atomic mass is 10.0. The molecule has 0 radical (unpaired) electrons. The molecule has 3 aliphatic heterocycles. The topological polar surface area (TPSA) is 182 Å². The summed E-state index contributed by atoms with van der Waals surface area (Å²) in [4.78, 5) is 51.2. The number of hydrogen-bond acceptors (Lipinski definition) is 12. The Morgan fingerprint density at radius 1 is 0.921 bits per heavy atom. The SMILES string of the molecule is CCC.Cc1cc(=N)n(C(C)C)cc1Nc1ncc2c(n1)N(C1CCSC1)C(=O)C21CC1.Cc1cc2ncnn2cc1Nc1ncc2c(n1)n(C1CCCS(C)(C)CC1)c(=O)n2C. The first-order valence-electron chi connectivity index (χ1n) is 22.2. The first kappa shape index (κ1) is 44.4. The largest absolute Gasteiger partial charge is 0.330 e. The number of nitrogens with zero attached hydrogens (tertiary/aromatic N) is 11. The first-order valence-corrected chi connectivity index (χ1v) is 26.1. The number of fused-ring (bicyclic) bond motifs is 4. The van der Waals surface area contributed by atoms with E-state index in [0.717, 1.165) is 95.1 Å². The molecule has 2 atom stereocenters. The standard InChI is InChI=1S/C21H28N8OS.C21H26N6OS.C3H8/c1-14-10-18-23-13-24-28(18)12-16(14)25-20-22-11-17-19(26-20)29(21(30)27(17)2)15-6-5-8-31(3,4)9-7-15;1-12(2)26-10-16(13(3)8-17(26)22)24-20-23-9-15-18(25-20)27(14-4-7-29-11-14)19(28)21(15)5-6-21;1-3-2/h10-13,15H,5-9H2,1-4H3,(H,22,25,26);8-10,12,14,22H,4-7,11H2,1-3H3,(H,23,24,25);3H2,1-2H3. The molecule has 1 amide bonds. The summed E-state index contributed by atoms with van der Waals surface area (Å²) in [5, 5.41) is 19.0. The predicted molar refractivity (Wildman–Crippen MR) is 257 cm³/mol. The smallest absolute Gasteiger partial charge is 0.329 e. The second-order valence-corrected chi connectivity index (χ2v) is 23.7. The van der Waals surface area contributed by atoms with Crippen molar-refractivity contribution in [1.82, 2.24) is 48.2 Å². The van der Waals surface area contributed by atoms with E-state index in [0.29, 0.717) is 23.0 Å². The number of pyridine rings is 2. The Kier molecular flexibility index (Phi) is 12.5. The zero-order valence-electron chi connectivity index (χ0n) is 38.1. The van der Waals surface area contributed by atoms with Crippen LogP contribution >= 0.6 is 21.8 Å². The molecular formula is C45H62N14O2S2. The number of nitrogens with one attached hydrogen (secondary N) is 3. The molecule has 2 saturated heterocycles. The van der Waals surface area contributed by atoms with Gasteiger partial charge in [0.15, 0.2) is 11.3 Å². The van der Waals surface area contributed by atoms with Crippen LogP contribution in [0.1, 0.15) is 101 Å². The van der Waals surface area contributed by atoms with Gasteiger partial charge >= 0.3 is 5.69 Å². The maximum atomic E-state index is 13.2. The molecule has 18 heteroatoms. The van der Waals surface area contributed by atoms with Gasteiger partial charge in [0.25, 0.3) is 0 Å². The average Bonchev–Trinajstić information content (AvgIpc) is 3.44. The van der Waals surface area contributed by atoms with Gasteiger partial charge in [-0.3, -0.25) is 24.2 Å². The molecule has 1 spiro atoms. The number of aryl methyl sites for hydroxylation is 3. The fourth-order valence-electron chi connectivity index (χ4n) is 8.82. The Balaban J connectivity index is 0.000000163. The lowest BCUT2D eigenvalue weighted by Gasteiger charge is -2.29. The summed E-state index contributed by atoms with van der Waals surface area (Å²) in [6.07, 6.45) is 21.0. The highest BCUT2D eigenvalue weighted by Gasteiger charge is 2.61. The molecular weight excluding hydrogens is 833 g/mol. The Morgan fingerprint density at radius 2 is 1.62 bits per heavy atom. The van der Waals surface area contributed by atoms with Gasteiger partial charge in [-0.1, -0.05) is 20.3 Å². The number of aromatic nitrogens is 10. The number of carbonyl (C=O) groups is 1. The highest BCUT2D eigenvalue weighted by Crippen LogP contribution is 2.57. The fourth-order valence-corrected chi connectivity index (χ4v) is 12.1. The first-order chi connectivity index (χ1) is 30.1. The third-order valence-electron chi connectivity index (χ3n) is 12.6. The molecule has 10 rings (SSSR count). The normalized spacial score (nSPS) is 20.2. The number of anilines is 5. The van der Waals surface area contributed by atoms with Gasteiger partial charge in [0, 0.05) is 48.9 Å². The van der Waals surface area contributed by atoms with Gasteiger partial charge in [0.1, 0.15) is 23.1 Å². The molecule has 0 aromatic carbocycles. The molecule has 63 heavy (non-hydrogen) atoms. The number of amides is 1. The molecule has 3 N–H and O–H groups in total. The van der Waals surface area contributed by atoms with Crippen molar-refractivity contribution in [3.05, 3.63) is 75.9 Å². The summed E-state index contributed by atoms with van der Waals surface area (Å²) in [5.74, 6) is 6.52. The maximum absolute atomic E-state index is 13.2. The maximum Gasteiger partial charge on any atom is 0.330 e. The Labute approximate surface area is 374 Å². The number of rotatable bonds is 7. The number of hydrogen-bond donors (Lipinski definition) is 3. The molecule has 1 saturated carbocycles. The van der Waals surface area contributed by atoms with Gasteiger partial charge < -0.3 is 15.2 Å². The van der Waals surface area contributed by atoms with Gasteiger partial charge in [-0.15, -0.1) is 0 Å². The van der Waals surface area contributed by atoms with Gasteiger partial charge in [-0.25, -0.2) is 34.3 Å². The Morgan fingerprint density at radius 3 is 2.32 bits per heavy atom. The zero-order valence-corrected chi connectivity index (χ0v) is 39.7. The van der Waals surface area contributed by atoms with Crippen molar-refractivity contribution in [2.45, 2.75) is 110 Å². The minimum absolute atomic E-state index is 0.0126. The summed E-state index contributed by atoms with van der Waals surface area (Å²) in [7, 11) is 1.23. The third kappa shape index (κ3) is 8.72. The van der Waals surface area contributed by atoms with Gasteiger partial charge in [0.2, 0.25) is 17.8 Å². The van der Waals surface area contributed by atoms with Crippen LogP contribution in [0.4, 0.5) is 29.1 Å². The van der Waals surface area contributed by atoms with E-state index in [1.807, 2.05) is 70.4 Å². The highest BCUT2D eigenvalue weighted by atomic mass is 32.3. The van der Waals surface area contributed by atoms with E-state index in [9.17, 15) is 9.59 Å². The van der Waals surface area contributed by atoms with Crippen molar-refractivity contribution < 1.29 is 4.79 Å². The fraction of sp³-hybridized carbons (Fsp3) is 0.533. The molecule has 3 fully saturated rings. The third-order valence-corrected chi connectivity index (χ3v) is 16.5. The van der Waals surface area contributed by atoms with Crippen LogP contribution in [0.25, 0.3) is 16.8 Å².